The van der Waals surface area contributed by atoms with Gasteiger partial charge in [-0.2, -0.15) is 0 Å². The van der Waals surface area contributed by atoms with Crippen molar-refractivity contribution in [2.75, 3.05) is 25.5 Å². The van der Waals surface area contributed by atoms with Gasteiger partial charge in [-0.3, -0.25) is 4.98 Å². The summed E-state index contributed by atoms with van der Waals surface area (Å²) in [6.07, 6.45) is 2.79. The summed E-state index contributed by atoms with van der Waals surface area (Å²) in [6, 6.07) is 10.4. The molecule has 3 saturated heterocycles. The molecule has 154 valence electrons. The van der Waals surface area contributed by atoms with Crippen LogP contribution in [0.1, 0.15) is 17.9 Å². The fourth-order valence-corrected chi connectivity index (χ4v) is 4.40. The van der Waals surface area contributed by atoms with E-state index in [4.69, 9.17) is 10.5 Å². The minimum absolute atomic E-state index is 0.228. The first-order valence-corrected chi connectivity index (χ1v) is 9.98. The van der Waals surface area contributed by atoms with Gasteiger partial charge in [-0.05, 0) is 48.2 Å². The second kappa shape index (κ2) is 7.62. The third-order valence-corrected chi connectivity index (χ3v) is 6.00. The van der Waals surface area contributed by atoms with Crippen molar-refractivity contribution in [3.05, 3.63) is 54.0 Å². The topological polar surface area (TPSA) is 106 Å². The molecule has 0 aliphatic carbocycles. The number of hydrogen-bond donors (Lipinski definition) is 3. The number of halogens is 1. The van der Waals surface area contributed by atoms with E-state index in [2.05, 4.69) is 20.5 Å². The summed E-state index contributed by atoms with van der Waals surface area (Å²) in [5.74, 6) is -0.167. The molecule has 0 amide bonds. The zero-order chi connectivity index (χ0) is 20.7. The molecule has 5 heterocycles. The molecule has 2 bridgehead atoms. The average molecular weight is 407 g/mol. The highest BCUT2D eigenvalue weighted by atomic mass is 19.1. The monoisotopic (exact) mass is 407 g/mol. The Hall–Kier alpha value is -3.10. The number of nitrogens with zero attached hydrogens (tertiary/aromatic N) is 3. The number of pyridine rings is 1. The van der Waals surface area contributed by atoms with E-state index in [1.165, 1.54) is 17.7 Å². The Morgan fingerprint density at radius 3 is 2.90 bits per heavy atom. The number of benzene rings is 1. The van der Waals surface area contributed by atoms with Gasteiger partial charge in [0, 0.05) is 35.8 Å². The van der Waals surface area contributed by atoms with Crippen LogP contribution in [0.15, 0.2) is 42.6 Å². The van der Waals surface area contributed by atoms with Crippen LogP contribution in [0, 0.1) is 11.7 Å². The molecule has 30 heavy (non-hydrogen) atoms. The number of nitrogens with one attached hydrogen (secondary N) is 1. The number of hydrogen-bond acceptors (Lipinski definition) is 7. The molecule has 3 aliphatic heterocycles. The van der Waals surface area contributed by atoms with Crippen LogP contribution < -0.4 is 11.1 Å². The Bertz CT molecular complexity index is 1090. The number of aromatic nitrogens is 3. The zero-order valence-electron chi connectivity index (χ0n) is 16.3. The van der Waals surface area contributed by atoms with Gasteiger partial charge in [-0.25, -0.2) is 4.39 Å². The van der Waals surface area contributed by atoms with E-state index < -0.39 is 11.6 Å². The van der Waals surface area contributed by atoms with Gasteiger partial charge >= 0.3 is 0 Å². The van der Waals surface area contributed by atoms with Gasteiger partial charge in [0.25, 0.3) is 0 Å². The summed E-state index contributed by atoms with van der Waals surface area (Å²) >= 11 is 0. The standard InChI is InChI=1S/C22H22FN5O2/c23-18-3-1-2-15(21(18)29)20-8-17(22(24)28-27-20)19-6-12(4-5-25-19)16-7-14-11-30-10-13(16)9-26-14/h1-6,8,13-14,16,26,29H,7,9-11H2,(H2,24,28)/t13-,14+,16-/m0/s1. The van der Waals surface area contributed by atoms with Crippen LogP contribution in [-0.2, 0) is 4.74 Å². The summed E-state index contributed by atoms with van der Waals surface area (Å²) in [5.41, 5.74) is 9.14. The number of ether oxygens (including phenoxy) is 1. The minimum Gasteiger partial charge on any atom is -0.504 e. The quantitative estimate of drug-likeness (QED) is 0.613. The first kappa shape index (κ1) is 18.9. The predicted molar refractivity (Wildman–Crippen MR) is 110 cm³/mol. The predicted octanol–water partition coefficient (Wildman–Crippen LogP) is 2.72. The van der Waals surface area contributed by atoms with Crippen LogP contribution >= 0.6 is 0 Å². The van der Waals surface area contributed by atoms with Crippen molar-refractivity contribution in [1.29, 1.82) is 0 Å². The molecule has 3 fully saturated rings. The highest BCUT2D eigenvalue weighted by Crippen LogP contribution is 2.37. The number of phenols is 1. The molecular weight excluding hydrogens is 385 g/mol. The highest BCUT2D eigenvalue weighted by Gasteiger charge is 2.34. The lowest BCUT2D eigenvalue weighted by molar-refractivity contribution is 0.124. The van der Waals surface area contributed by atoms with Gasteiger partial charge in [-0.1, -0.05) is 6.07 Å². The van der Waals surface area contributed by atoms with Crippen molar-refractivity contribution in [2.24, 2.45) is 5.92 Å². The van der Waals surface area contributed by atoms with Gasteiger partial charge < -0.3 is 20.9 Å². The van der Waals surface area contributed by atoms with Crippen LogP contribution in [0.3, 0.4) is 0 Å². The Labute approximate surface area is 173 Å². The number of nitrogen functional groups attached to an aromatic ring is 1. The van der Waals surface area contributed by atoms with Crippen molar-refractivity contribution in [3.8, 4) is 28.3 Å². The molecule has 0 spiro atoms. The lowest BCUT2D eigenvalue weighted by Crippen LogP contribution is -2.42. The number of aromatic hydroxyl groups is 1. The van der Waals surface area contributed by atoms with Gasteiger partial charge in [0.1, 0.15) is 0 Å². The molecular formula is C22H22FN5O2. The number of rotatable bonds is 3. The fourth-order valence-electron chi connectivity index (χ4n) is 4.40. The van der Waals surface area contributed by atoms with E-state index in [1.807, 2.05) is 12.1 Å². The normalized spacial score (nSPS) is 23.3. The molecule has 2 aromatic heterocycles. The first-order valence-electron chi connectivity index (χ1n) is 9.98. The molecule has 3 aliphatic rings. The molecule has 0 radical (unpaired) electrons. The minimum atomic E-state index is -0.716. The molecule has 8 heteroatoms. The molecule has 3 atom stereocenters. The molecule has 0 saturated carbocycles. The summed E-state index contributed by atoms with van der Waals surface area (Å²) in [6.45, 7) is 2.43. The largest absolute Gasteiger partial charge is 0.504 e. The van der Waals surface area contributed by atoms with Crippen molar-refractivity contribution < 1.29 is 14.2 Å². The number of para-hydroxylation sites is 1. The number of fused-ring (bicyclic) bond motifs is 4. The van der Waals surface area contributed by atoms with Gasteiger partial charge in [-0.15, -0.1) is 10.2 Å². The lowest BCUT2D eigenvalue weighted by Gasteiger charge is -2.32. The van der Waals surface area contributed by atoms with Crippen molar-refractivity contribution in [1.82, 2.24) is 20.5 Å². The van der Waals surface area contributed by atoms with Crippen molar-refractivity contribution in [3.63, 3.8) is 0 Å². The smallest absolute Gasteiger partial charge is 0.165 e. The number of phenolic OH excluding ortho intramolecular Hbond substituents is 1. The summed E-state index contributed by atoms with van der Waals surface area (Å²) in [4.78, 5) is 4.49. The van der Waals surface area contributed by atoms with E-state index in [1.54, 1.807) is 18.3 Å². The SMILES string of the molecule is Nc1nnc(-c2cccc(F)c2O)cc1-c1cc([C@@H]2C[C@@H]3COC[C@@H]2CN3)ccn1. The third kappa shape index (κ3) is 3.38. The molecule has 6 rings (SSSR count). The van der Waals surface area contributed by atoms with Crippen molar-refractivity contribution in [2.45, 2.75) is 18.4 Å². The van der Waals surface area contributed by atoms with Crippen LogP contribution in [0.25, 0.3) is 22.5 Å². The van der Waals surface area contributed by atoms with Gasteiger partial charge in [0.15, 0.2) is 17.4 Å². The maximum absolute atomic E-state index is 13.8. The second-order valence-electron chi connectivity index (χ2n) is 7.88. The Balaban J connectivity index is 1.53. The maximum Gasteiger partial charge on any atom is 0.165 e. The van der Waals surface area contributed by atoms with Crippen molar-refractivity contribution >= 4 is 5.82 Å². The molecule has 0 unspecified atom stereocenters. The van der Waals surface area contributed by atoms with E-state index >= 15 is 0 Å². The van der Waals surface area contributed by atoms with Gasteiger partial charge in [0.05, 0.1) is 24.6 Å². The Kier molecular flexibility index (Phi) is 4.80. The van der Waals surface area contributed by atoms with Crippen LogP contribution in [0.4, 0.5) is 10.2 Å². The van der Waals surface area contributed by atoms with E-state index in [-0.39, 0.29) is 11.4 Å². The van der Waals surface area contributed by atoms with Crippen LogP contribution in [-0.4, -0.2) is 46.1 Å². The number of piperidine rings is 1. The van der Waals surface area contributed by atoms with E-state index in [9.17, 15) is 9.50 Å². The highest BCUT2D eigenvalue weighted by molar-refractivity contribution is 5.77. The Morgan fingerprint density at radius 1 is 1.10 bits per heavy atom. The van der Waals surface area contributed by atoms with Gasteiger partial charge in [0.2, 0.25) is 0 Å². The van der Waals surface area contributed by atoms with E-state index in [0.29, 0.717) is 34.8 Å². The van der Waals surface area contributed by atoms with Crippen LogP contribution in [0.5, 0.6) is 5.75 Å². The first-order chi connectivity index (χ1) is 14.6. The summed E-state index contributed by atoms with van der Waals surface area (Å²) in [7, 11) is 0. The van der Waals surface area contributed by atoms with E-state index in [0.717, 1.165) is 26.2 Å². The third-order valence-electron chi connectivity index (χ3n) is 6.00. The van der Waals surface area contributed by atoms with Crippen LogP contribution in [0.2, 0.25) is 0 Å². The molecule has 7 nitrogen and oxygen atoms in total. The molecule has 4 N–H and O–H groups in total. The zero-order valence-corrected chi connectivity index (χ0v) is 16.3. The number of nitrogens with two attached hydrogens (primary N) is 1. The average Bonchev–Trinajstić information content (AvgIpc) is 3.12. The second-order valence-corrected chi connectivity index (χ2v) is 7.88. The lowest BCUT2D eigenvalue weighted by atomic mass is 9.79. The Morgan fingerprint density at radius 2 is 2.00 bits per heavy atom. The summed E-state index contributed by atoms with van der Waals surface area (Å²) < 4.78 is 19.6. The molecule has 3 aromatic rings. The molecule has 1 aromatic carbocycles. The number of anilines is 1. The maximum atomic E-state index is 13.8. The fraction of sp³-hybridized carbons (Fsp3) is 0.318. The summed E-state index contributed by atoms with van der Waals surface area (Å²) in [5, 5.41) is 21.7.